The Morgan fingerprint density at radius 1 is 1.36 bits per heavy atom. The molecule has 0 saturated heterocycles. The zero-order chi connectivity index (χ0) is 10.1. The smallest absolute Gasteiger partial charge is 0.0276 e. The van der Waals surface area contributed by atoms with Gasteiger partial charge < -0.3 is 0 Å². The van der Waals surface area contributed by atoms with E-state index in [2.05, 4.69) is 37.0 Å². The molecule has 0 amide bonds. The highest BCUT2D eigenvalue weighted by Crippen LogP contribution is 2.46. The van der Waals surface area contributed by atoms with Gasteiger partial charge in [0.2, 0.25) is 0 Å². The molecule has 0 saturated carbocycles. The highest BCUT2D eigenvalue weighted by atomic mass is 14.7. The number of aliphatic imine (C=N–C) groups is 1. The van der Waals surface area contributed by atoms with Crippen molar-refractivity contribution in [3.8, 4) is 0 Å². The van der Waals surface area contributed by atoms with E-state index in [1.54, 1.807) is 11.1 Å². The largest absolute Gasteiger partial charge is 0.298 e. The molecule has 0 bridgehead atoms. The zero-order valence-corrected chi connectivity index (χ0v) is 9.17. The fourth-order valence-corrected chi connectivity index (χ4v) is 2.00. The SMILES string of the molecule is CN=C(C)CCC1c2ccc(C)cc21. The Bertz CT molecular complexity index is 377. The minimum absolute atomic E-state index is 0.736. The summed E-state index contributed by atoms with van der Waals surface area (Å²) in [5, 5.41) is 0. The Morgan fingerprint density at radius 2 is 2.14 bits per heavy atom. The van der Waals surface area contributed by atoms with E-state index in [1.807, 2.05) is 7.05 Å². The first-order chi connectivity index (χ1) is 6.72. The maximum atomic E-state index is 4.19. The average Bonchev–Trinajstić information content (AvgIpc) is 2.86. The van der Waals surface area contributed by atoms with Crippen LogP contribution in [-0.2, 0) is 0 Å². The summed E-state index contributed by atoms with van der Waals surface area (Å²) in [4.78, 5) is 4.19. The van der Waals surface area contributed by atoms with Crippen LogP contribution in [0.15, 0.2) is 23.2 Å². The number of benzene rings is 1. The molecule has 1 heteroatoms. The van der Waals surface area contributed by atoms with E-state index in [0.29, 0.717) is 0 Å². The lowest BCUT2D eigenvalue weighted by Gasteiger charge is -1.96. The molecule has 0 fully saturated rings. The summed E-state index contributed by atoms with van der Waals surface area (Å²) in [5.74, 6) is 0.736. The predicted octanol–water partition coefficient (Wildman–Crippen LogP) is 3.31. The number of hydrogen-bond donors (Lipinski definition) is 0. The van der Waals surface area contributed by atoms with E-state index >= 15 is 0 Å². The van der Waals surface area contributed by atoms with E-state index < -0.39 is 0 Å². The van der Waals surface area contributed by atoms with Gasteiger partial charge >= 0.3 is 0 Å². The molecule has 2 rings (SSSR count). The normalized spacial score (nSPS) is 19.4. The van der Waals surface area contributed by atoms with Gasteiger partial charge in [-0.3, -0.25) is 4.99 Å². The molecule has 1 unspecified atom stereocenters. The van der Waals surface area contributed by atoms with E-state index in [0.717, 1.165) is 12.3 Å². The zero-order valence-electron chi connectivity index (χ0n) is 9.17. The van der Waals surface area contributed by atoms with Gasteiger partial charge in [-0.05, 0) is 37.8 Å². The number of fused-ring (bicyclic) bond motifs is 1. The van der Waals surface area contributed by atoms with Crippen LogP contribution in [0.4, 0.5) is 0 Å². The summed E-state index contributed by atoms with van der Waals surface area (Å²) >= 11 is 0. The van der Waals surface area contributed by atoms with Crippen molar-refractivity contribution in [2.45, 2.75) is 32.6 Å². The van der Waals surface area contributed by atoms with Crippen molar-refractivity contribution in [1.82, 2.24) is 0 Å². The molecule has 0 spiro atoms. The van der Waals surface area contributed by atoms with Crippen LogP contribution >= 0.6 is 0 Å². The second-order valence-electron chi connectivity index (χ2n) is 4.18. The molecule has 1 aromatic rings. The van der Waals surface area contributed by atoms with Crippen LogP contribution in [-0.4, -0.2) is 12.8 Å². The maximum absolute atomic E-state index is 4.19. The standard InChI is InChI=1S/C13H17N/c1-9-4-6-11-12(13(11)8-9)7-5-10(2)14-3/h4,6,8,12H,5,7H2,1-3H3. The van der Waals surface area contributed by atoms with Gasteiger partial charge in [0.15, 0.2) is 0 Å². The third-order valence-electron chi connectivity index (χ3n) is 3.09. The third kappa shape index (κ3) is 1.72. The third-order valence-corrected chi connectivity index (χ3v) is 3.09. The molecule has 0 heterocycles. The van der Waals surface area contributed by atoms with Crippen molar-refractivity contribution in [2.24, 2.45) is 4.99 Å². The van der Waals surface area contributed by atoms with E-state index in [1.165, 1.54) is 17.7 Å². The second kappa shape index (κ2) is 3.56. The van der Waals surface area contributed by atoms with Crippen LogP contribution in [0.1, 0.15) is 42.4 Å². The van der Waals surface area contributed by atoms with Gasteiger partial charge in [0.25, 0.3) is 0 Å². The predicted molar refractivity (Wildman–Crippen MR) is 61.3 cm³/mol. The molecule has 1 aliphatic rings. The molecular weight excluding hydrogens is 170 g/mol. The lowest BCUT2D eigenvalue weighted by atomic mass is 10.1. The average molecular weight is 187 g/mol. The van der Waals surface area contributed by atoms with Crippen LogP contribution < -0.4 is 0 Å². The van der Waals surface area contributed by atoms with Crippen LogP contribution in [0.2, 0.25) is 0 Å². The lowest BCUT2D eigenvalue weighted by Crippen LogP contribution is -1.91. The summed E-state index contributed by atoms with van der Waals surface area (Å²) in [6.07, 6.45) is 2.37. The fraction of sp³-hybridized carbons (Fsp3) is 0.462. The molecule has 1 atom stereocenters. The Hall–Kier alpha value is -1.11. The summed E-state index contributed by atoms with van der Waals surface area (Å²) in [6.45, 7) is 4.27. The summed E-state index contributed by atoms with van der Waals surface area (Å²) in [5.41, 5.74) is 5.76. The number of rotatable bonds is 3. The summed E-state index contributed by atoms with van der Waals surface area (Å²) < 4.78 is 0. The Labute approximate surface area is 85.9 Å². The molecule has 0 aromatic heterocycles. The Balaban J connectivity index is 1.94. The molecule has 0 aliphatic heterocycles. The minimum Gasteiger partial charge on any atom is -0.298 e. The van der Waals surface area contributed by atoms with Crippen molar-refractivity contribution < 1.29 is 0 Å². The fourth-order valence-electron chi connectivity index (χ4n) is 2.00. The molecular formula is C13H17N. The van der Waals surface area contributed by atoms with Crippen LogP contribution in [0.5, 0.6) is 0 Å². The number of hydrogen-bond acceptors (Lipinski definition) is 1. The van der Waals surface area contributed by atoms with Gasteiger partial charge in [0.05, 0.1) is 0 Å². The van der Waals surface area contributed by atoms with Crippen molar-refractivity contribution in [3.63, 3.8) is 0 Å². The molecule has 74 valence electrons. The first-order valence-electron chi connectivity index (χ1n) is 5.25. The van der Waals surface area contributed by atoms with E-state index in [-0.39, 0.29) is 0 Å². The van der Waals surface area contributed by atoms with Crippen molar-refractivity contribution in [1.29, 1.82) is 0 Å². The lowest BCUT2D eigenvalue weighted by molar-refractivity contribution is 0.849. The topological polar surface area (TPSA) is 12.4 Å². The quantitative estimate of drug-likeness (QED) is 0.644. The molecule has 0 N–H and O–H groups in total. The van der Waals surface area contributed by atoms with Gasteiger partial charge in [-0.15, -0.1) is 0 Å². The van der Waals surface area contributed by atoms with Crippen molar-refractivity contribution >= 4 is 5.71 Å². The van der Waals surface area contributed by atoms with Crippen molar-refractivity contribution in [3.05, 3.63) is 34.9 Å². The van der Waals surface area contributed by atoms with E-state index in [9.17, 15) is 0 Å². The van der Waals surface area contributed by atoms with Gasteiger partial charge in [-0.2, -0.15) is 0 Å². The highest BCUT2D eigenvalue weighted by molar-refractivity contribution is 5.82. The van der Waals surface area contributed by atoms with E-state index in [4.69, 9.17) is 0 Å². The maximum Gasteiger partial charge on any atom is 0.0276 e. The van der Waals surface area contributed by atoms with Gasteiger partial charge in [0, 0.05) is 18.7 Å². The monoisotopic (exact) mass is 187 g/mol. The molecule has 0 radical (unpaired) electrons. The molecule has 1 nitrogen and oxygen atoms in total. The van der Waals surface area contributed by atoms with Gasteiger partial charge in [0.1, 0.15) is 0 Å². The number of nitrogens with zero attached hydrogens (tertiary/aromatic N) is 1. The summed E-state index contributed by atoms with van der Waals surface area (Å²) in [6, 6.07) is 6.80. The first kappa shape index (κ1) is 9.45. The Morgan fingerprint density at radius 3 is 2.79 bits per heavy atom. The van der Waals surface area contributed by atoms with Crippen molar-refractivity contribution in [2.75, 3.05) is 7.05 Å². The van der Waals surface area contributed by atoms with Gasteiger partial charge in [-0.1, -0.05) is 23.8 Å². The highest BCUT2D eigenvalue weighted by Gasteiger charge is 2.31. The number of aryl methyl sites for hydroxylation is 1. The minimum atomic E-state index is 0.736. The molecule has 1 aliphatic carbocycles. The Kier molecular flexibility index (Phi) is 2.40. The molecule has 1 aromatic carbocycles. The summed E-state index contributed by atoms with van der Waals surface area (Å²) in [7, 11) is 1.87. The molecule has 14 heavy (non-hydrogen) atoms. The van der Waals surface area contributed by atoms with Crippen LogP contribution in [0.3, 0.4) is 0 Å². The van der Waals surface area contributed by atoms with Crippen LogP contribution in [0, 0.1) is 6.92 Å². The first-order valence-corrected chi connectivity index (χ1v) is 5.25. The van der Waals surface area contributed by atoms with Crippen LogP contribution in [0.25, 0.3) is 0 Å². The van der Waals surface area contributed by atoms with Gasteiger partial charge in [-0.25, -0.2) is 0 Å². The second-order valence-corrected chi connectivity index (χ2v) is 4.18.